The van der Waals surface area contributed by atoms with Crippen LogP contribution in [0.15, 0.2) is 5.38 Å². The van der Waals surface area contributed by atoms with Crippen LogP contribution >= 0.6 is 24.0 Å². The number of aromatic nitrogens is 1. The molecule has 1 aromatic heterocycles. The number of nitrogens with zero attached hydrogens (tertiary/aromatic N) is 2. The van der Waals surface area contributed by atoms with Crippen molar-refractivity contribution < 1.29 is 0 Å². The minimum Gasteiger partial charge on any atom is -0.303 e. The van der Waals surface area contributed by atoms with Crippen molar-refractivity contribution in [2.24, 2.45) is 0 Å². The van der Waals surface area contributed by atoms with Gasteiger partial charge in [0, 0.05) is 17.7 Å². The van der Waals surface area contributed by atoms with Gasteiger partial charge in [-0.2, -0.15) is 0 Å². The summed E-state index contributed by atoms with van der Waals surface area (Å²) in [6.07, 6.45) is 0. The first kappa shape index (κ1) is 9.03. The molecule has 0 aliphatic rings. The zero-order valence-electron chi connectivity index (χ0n) is 6.70. The van der Waals surface area contributed by atoms with E-state index in [0.29, 0.717) is 5.75 Å². The topological polar surface area (TPSA) is 16.1 Å². The fraction of sp³-hybridized carbons (Fsp3) is 0.571. The van der Waals surface area contributed by atoms with Crippen LogP contribution in [0.25, 0.3) is 0 Å². The van der Waals surface area contributed by atoms with Crippen molar-refractivity contribution in [3.05, 3.63) is 16.1 Å². The van der Waals surface area contributed by atoms with Crippen molar-refractivity contribution in [3.63, 3.8) is 0 Å². The molecular formula is C7H11N2S2. The van der Waals surface area contributed by atoms with Crippen molar-refractivity contribution >= 4 is 24.0 Å². The highest BCUT2D eigenvalue weighted by Crippen LogP contribution is 2.12. The van der Waals surface area contributed by atoms with Gasteiger partial charge in [-0.1, -0.05) is 12.6 Å². The molecule has 0 aliphatic heterocycles. The van der Waals surface area contributed by atoms with Gasteiger partial charge in [-0.25, -0.2) is 4.98 Å². The summed E-state index contributed by atoms with van der Waals surface area (Å²) in [5, 5.41) is 3.18. The van der Waals surface area contributed by atoms with Gasteiger partial charge < -0.3 is 4.90 Å². The monoisotopic (exact) mass is 187 g/mol. The summed E-state index contributed by atoms with van der Waals surface area (Å²) in [6, 6.07) is 0. The van der Waals surface area contributed by atoms with E-state index < -0.39 is 0 Å². The van der Waals surface area contributed by atoms with E-state index in [4.69, 9.17) is 12.6 Å². The standard InChI is InChI=1S/C7H11N2S2/c1-9(2)3-7-8-6(4-10)5-11-7/h5H,3-4H2,1-2H3. The third kappa shape index (κ3) is 2.81. The number of hydrogen-bond acceptors (Lipinski definition) is 3. The summed E-state index contributed by atoms with van der Waals surface area (Å²) in [4.78, 5) is 6.44. The summed E-state index contributed by atoms with van der Waals surface area (Å²) in [5.74, 6) is 0.629. The van der Waals surface area contributed by atoms with Crippen LogP contribution in [-0.4, -0.2) is 24.0 Å². The van der Waals surface area contributed by atoms with Crippen LogP contribution in [0.1, 0.15) is 10.7 Å². The molecule has 0 spiro atoms. The Hall–Kier alpha value is -0.0600. The van der Waals surface area contributed by atoms with Crippen LogP contribution in [0.4, 0.5) is 0 Å². The molecule has 0 aromatic carbocycles. The molecule has 1 heterocycles. The second-order valence-corrected chi connectivity index (χ2v) is 3.85. The maximum absolute atomic E-state index is 4.88. The van der Waals surface area contributed by atoms with E-state index in [1.54, 1.807) is 11.3 Å². The van der Waals surface area contributed by atoms with Gasteiger partial charge in [0.05, 0.1) is 5.69 Å². The first-order chi connectivity index (χ1) is 5.22. The third-order valence-electron chi connectivity index (χ3n) is 1.20. The highest BCUT2D eigenvalue weighted by molar-refractivity contribution is 7.79. The molecule has 0 saturated heterocycles. The quantitative estimate of drug-likeness (QED) is 0.718. The Morgan fingerprint density at radius 1 is 1.64 bits per heavy atom. The second kappa shape index (κ2) is 4.09. The van der Waals surface area contributed by atoms with Gasteiger partial charge in [-0.3, -0.25) is 0 Å². The van der Waals surface area contributed by atoms with Crippen LogP contribution in [-0.2, 0) is 12.3 Å². The Kier molecular flexibility index (Phi) is 3.36. The lowest BCUT2D eigenvalue weighted by atomic mass is 10.5. The predicted octanol–water partition coefficient (Wildman–Crippen LogP) is 1.90. The highest BCUT2D eigenvalue weighted by Gasteiger charge is 2.00. The molecule has 0 fully saturated rings. The molecule has 61 valence electrons. The Morgan fingerprint density at radius 2 is 2.36 bits per heavy atom. The number of hydrogen-bond donors (Lipinski definition) is 0. The van der Waals surface area contributed by atoms with E-state index >= 15 is 0 Å². The zero-order chi connectivity index (χ0) is 8.27. The van der Waals surface area contributed by atoms with Gasteiger partial charge >= 0.3 is 0 Å². The molecule has 1 rings (SSSR count). The highest BCUT2D eigenvalue weighted by atomic mass is 32.1. The van der Waals surface area contributed by atoms with Crippen LogP contribution in [0, 0.1) is 0 Å². The van der Waals surface area contributed by atoms with Gasteiger partial charge in [-0.05, 0) is 14.1 Å². The van der Waals surface area contributed by atoms with Crippen molar-refractivity contribution in [1.82, 2.24) is 9.88 Å². The maximum Gasteiger partial charge on any atom is 0.107 e. The molecule has 0 saturated carbocycles. The van der Waals surface area contributed by atoms with Crippen LogP contribution in [0.3, 0.4) is 0 Å². The Morgan fingerprint density at radius 3 is 2.82 bits per heavy atom. The largest absolute Gasteiger partial charge is 0.303 e. The van der Waals surface area contributed by atoms with Gasteiger partial charge in [0.25, 0.3) is 0 Å². The summed E-state index contributed by atoms with van der Waals surface area (Å²) in [6.45, 7) is 0.917. The van der Waals surface area contributed by atoms with Gasteiger partial charge in [0.2, 0.25) is 0 Å². The van der Waals surface area contributed by atoms with Crippen LogP contribution in [0.5, 0.6) is 0 Å². The average molecular weight is 187 g/mol. The summed E-state index contributed by atoms with van der Waals surface area (Å²) >= 11 is 6.56. The molecule has 0 amide bonds. The van der Waals surface area contributed by atoms with E-state index in [-0.39, 0.29) is 0 Å². The number of rotatable bonds is 3. The first-order valence-electron chi connectivity index (χ1n) is 3.38. The lowest BCUT2D eigenvalue weighted by Gasteiger charge is -2.04. The van der Waals surface area contributed by atoms with Crippen LogP contribution < -0.4 is 0 Å². The second-order valence-electron chi connectivity index (χ2n) is 2.61. The van der Waals surface area contributed by atoms with E-state index in [1.165, 1.54) is 0 Å². The molecule has 1 aromatic rings. The molecule has 11 heavy (non-hydrogen) atoms. The molecule has 0 N–H and O–H groups in total. The average Bonchev–Trinajstić information content (AvgIpc) is 2.34. The molecule has 0 atom stereocenters. The molecule has 0 bridgehead atoms. The van der Waals surface area contributed by atoms with Crippen molar-refractivity contribution in [1.29, 1.82) is 0 Å². The summed E-state index contributed by atoms with van der Waals surface area (Å²) in [7, 11) is 4.07. The Labute approximate surface area is 76.7 Å². The van der Waals surface area contributed by atoms with Crippen molar-refractivity contribution in [2.45, 2.75) is 12.3 Å². The lowest BCUT2D eigenvalue weighted by molar-refractivity contribution is 0.401. The minimum atomic E-state index is 0.629. The predicted molar refractivity (Wildman–Crippen MR) is 50.8 cm³/mol. The first-order valence-corrected chi connectivity index (χ1v) is 4.84. The number of thiazole rings is 1. The van der Waals surface area contributed by atoms with E-state index in [1.807, 2.05) is 19.5 Å². The Balaban J connectivity index is 2.58. The normalized spacial score (nSPS) is 10.9. The minimum absolute atomic E-state index is 0.629. The molecule has 0 unspecified atom stereocenters. The smallest absolute Gasteiger partial charge is 0.107 e. The summed E-state index contributed by atoms with van der Waals surface area (Å²) < 4.78 is 0. The Bertz CT molecular complexity index is 220. The van der Waals surface area contributed by atoms with Gasteiger partial charge in [0.1, 0.15) is 5.01 Å². The zero-order valence-corrected chi connectivity index (χ0v) is 8.34. The van der Waals surface area contributed by atoms with E-state index in [2.05, 4.69) is 9.88 Å². The molecule has 2 nitrogen and oxygen atoms in total. The lowest BCUT2D eigenvalue weighted by Crippen LogP contribution is -2.10. The maximum atomic E-state index is 4.88. The van der Waals surface area contributed by atoms with Crippen molar-refractivity contribution in [2.75, 3.05) is 14.1 Å². The van der Waals surface area contributed by atoms with Gasteiger partial charge in [-0.15, -0.1) is 11.3 Å². The molecule has 1 radical (unpaired) electrons. The van der Waals surface area contributed by atoms with Crippen molar-refractivity contribution in [3.8, 4) is 0 Å². The van der Waals surface area contributed by atoms with E-state index in [0.717, 1.165) is 17.2 Å². The SMILES string of the molecule is CN(C)Cc1nc(C[S])cs1. The van der Waals surface area contributed by atoms with Crippen LogP contribution in [0.2, 0.25) is 0 Å². The third-order valence-corrected chi connectivity index (χ3v) is 2.38. The molecule has 0 aliphatic carbocycles. The summed E-state index contributed by atoms with van der Waals surface area (Å²) in [5.41, 5.74) is 1.03. The fourth-order valence-corrected chi connectivity index (χ4v) is 1.92. The molecular weight excluding hydrogens is 176 g/mol. The fourth-order valence-electron chi connectivity index (χ4n) is 0.758. The molecule has 4 heteroatoms. The van der Waals surface area contributed by atoms with E-state index in [9.17, 15) is 0 Å². The van der Waals surface area contributed by atoms with Gasteiger partial charge in [0.15, 0.2) is 0 Å².